The molecule has 2 aliphatic rings. The molecule has 0 aromatic heterocycles. The second kappa shape index (κ2) is 13.2. The molecule has 9 nitrogen and oxygen atoms in total. The van der Waals surface area contributed by atoms with E-state index in [9.17, 15) is 14.4 Å². The highest BCUT2D eigenvalue weighted by molar-refractivity contribution is 7.99. The number of rotatable bonds is 5. The summed E-state index contributed by atoms with van der Waals surface area (Å²) in [4.78, 5) is 42.6. The lowest BCUT2D eigenvalue weighted by atomic mass is 10.0. The number of piperidine rings is 1. The van der Waals surface area contributed by atoms with Crippen molar-refractivity contribution in [3.63, 3.8) is 0 Å². The molecule has 1 saturated heterocycles. The Morgan fingerprint density at radius 3 is 2.74 bits per heavy atom. The molecular weight excluding hydrogens is 518 g/mol. The Labute approximate surface area is 234 Å². The van der Waals surface area contributed by atoms with Crippen molar-refractivity contribution in [2.24, 2.45) is 0 Å². The van der Waals surface area contributed by atoms with Crippen LogP contribution in [0.2, 0.25) is 0 Å². The first-order valence-corrected chi connectivity index (χ1v) is 14.7. The highest BCUT2D eigenvalue weighted by Gasteiger charge is 2.34. The van der Waals surface area contributed by atoms with E-state index in [0.29, 0.717) is 61.2 Å². The zero-order valence-electron chi connectivity index (χ0n) is 23.0. The summed E-state index contributed by atoms with van der Waals surface area (Å²) in [6.07, 6.45) is 2.12. The van der Waals surface area contributed by atoms with Gasteiger partial charge in [-0.15, -0.1) is 0 Å². The topological polar surface area (TPSA) is 97.4 Å². The molecule has 39 heavy (non-hydrogen) atoms. The lowest BCUT2D eigenvalue weighted by Gasteiger charge is -2.39. The Balaban J connectivity index is 1.67. The molecule has 4 bridgehead atoms. The highest BCUT2D eigenvalue weighted by atomic mass is 32.2. The highest BCUT2D eigenvalue weighted by Crippen LogP contribution is 2.30. The molecule has 10 heteroatoms. The molecule has 2 aromatic carbocycles. The van der Waals surface area contributed by atoms with Crippen LogP contribution < -0.4 is 14.8 Å². The average Bonchev–Trinajstić information content (AvgIpc) is 2.90. The van der Waals surface area contributed by atoms with Gasteiger partial charge in [-0.05, 0) is 63.3 Å². The third kappa shape index (κ3) is 7.67. The van der Waals surface area contributed by atoms with Gasteiger partial charge in [0.2, 0.25) is 11.8 Å². The van der Waals surface area contributed by atoms with Gasteiger partial charge in [0.1, 0.15) is 17.2 Å². The Bertz CT molecular complexity index is 1190. The molecule has 0 radical (unpaired) electrons. The lowest BCUT2D eigenvalue weighted by Crippen LogP contribution is -2.58. The van der Waals surface area contributed by atoms with Crippen molar-refractivity contribution in [2.45, 2.75) is 52.0 Å². The number of fused-ring (bicyclic) bond motifs is 5. The zero-order valence-corrected chi connectivity index (χ0v) is 23.8. The van der Waals surface area contributed by atoms with Gasteiger partial charge in [-0.1, -0.05) is 12.1 Å². The predicted molar refractivity (Wildman–Crippen MR) is 150 cm³/mol. The standard InChI is InChI=1S/C29H37N3O6S/c1-5-31-16-27(33)30-25-15-32(28(34)18-39-4)10-9-26(25)36-17-20-7-6-8-22(11-20)38-24-13-21(29(31)35)12-23(14-24)37-19(2)3/h6-8,11-14,19,25-26H,5,9-10,15-18H2,1-4H3,(H,30,33)/t25-,26-/m0/s1. The third-order valence-corrected chi connectivity index (χ3v) is 7.15. The van der Waals surface area contributed by atoms with E-state index in [4.69, 9.17) is 14.2 Å². The monoisotopic (exact) mass is 555 g/mol. The van der Waals surface area contributed by atoms with Gasteiger partial charge in [-0.25, -0.2) is 0 Å². The fourth-order valence-electron chi connectivity index (χ4n) is 4.78. The van der Waals surface area contributed by atoms with Gasteiger partial charge in [-0.3, -0.25) is 14.4 Å². The van der Waals surface area contributed by atoms with E-state index in [1.165, 1.54) is 16.7 Å². The lowest BCUT2D eigenvalue weighted by molar-refractivity contribution is -0.135. The van der Waals surface area contributed by atoms with Crippen LogP contribution in [0.1, 0.15) is 43.1 Å². The molecule has 2 heterocycles. The number of amides is 3. The summed E-state index contributed by atoms with van der Waals surface area (Å²) in [5.41, 5.74) is 1.28. The normalized spacial score (nSPS) is 20.2. The maximum absolute atomic E-state index is 13.5. The Morgan fingerprint density at radius 2 is 2.00 bits per heavy atom. The number of carbonyl (C=O) groups excluding carboxylic acids is 3. The molecule has 1 N–H and O–H groups in total. The van der Waals surface area contributed by atoms with E-state index in [0.717, 1.165) is 5.56 Å². The molecule has 0 saturated carbocycles. The van der Waals surface area contributed by atoms with Crippen LogP contribution in [0.15, 0.2) is 42.5 Å². The number of hydrogen-bond acceptors (Lipinski definition) is 7. The summed E-state index contributed by atoms with van der Waals surface area (Å²) in [6.45, 7) is 7.11. The maximum Gasteiger partial charge on any atom is 0.254 e. The molecule has 4 rings (SSSR count). The molecule has 2 aromatic rings. The number of thioether (sulfide) groups is 1. The summed E-state index contributed by atoms with van der Waals surface area (Å²) in [5.74, 6) is 1.40. The maximum atomic E-state index is 13.5. The number of likely N-dealkylation sites (N-methyl/N-ethyl adjacent to an activating group) is 1. The SMILES string of the molecule is CCN1CC(=O)N[C@H]2CN(C(=O)CSC)CC[C@@H]2OCc2cccc(c2)Oc2cc(OC(C)C)cc(c2)C1=O. The minimum Gasteiger partial charge on any atom is -0.491 e. The first kappa shape index (κ1) is 28.8. The largest absolute Gasteiger partial charge is 0.491 e. The van der Waals surface area contributed by atoms with Gasteiger partial charge < -0.3 is 29.3 Å². The second-order valence-corrected chi connectivity index (χ2v) is 10.9. The van der Waals surface area contributed by atoms with E-state index in [1.807, 2.05) is 51.3 Å². The summed E-state index contributed by atoms with van der Waals surface area (Å²) in [6, 6.07) is 12.3. The van der Waals surface area contributed by atoms with Gasteiger partial charge in [0, 0.05) is 31.3 Å². The quantitative estimate of drug-likeness (QED) is 0.601. The van der Waals surface area contributed by atoms with Gasteiger partial charge in [0.05, 0.1) is 37.2 Å². The van der Waals surface area contributed by atoms with E-state index in [2.05, 4.69) is 5.32 Å². The van der Waals surface area contributed by atoms with Gasteiger partial charge in [0.25, 0.3) is 5.91 Å². The first-order valence-electron chi connectivity index (χ1n) is 13.3. The van der Waals surface area contributed by atoms with Crippen molar-refractivity contribution >= 4 is 29.5 Å². The Morgan fingerprint density at radius 1 is 1.18 bits per heavy atom. The molecule has 210 valence electrons. The van der Waals surface area contributed by atoms with Crippen LogP contribution in [0.5, 0.6) is 17.2 Å². The molecule has 0 unspecified atom stereocenters. The number of benzene rings is 2. The van der Waals surface area contributed by atoms with E-state index >= 15 is 0 Å². The molecule has 0 spiro atoms. The number of nitrogens with zero attached hydrogens (tertiary/aromatic N) is 2. The van der Waals surface area contributed by atoms with Crippen LogP contribution in [-0.2, 0) is 20.9 Å². The number of hydrogen-bond donors (Lipinski definition) is 1. The number of likely N-dealkylation sites (tertiary alicyclic amines) is 1. The third-order valence-electron chi connectivity index (χ3n) is 6.62. The molecule has 1 fully saturated rings. The number of carbonyl (C=O) groups is 3. The van der Waals surface area contributed by atoms with Crippen LogP contribution in [0.3, 0.4) is 0 Å². The van der Waals surface area contributed by atoms with Crippen molar-refractivity contribution in [3.8, 4) is 17.2 Å². The van der Waals surface area contributed by atoms with Crippen LogP contribution in [-0.4, -0.2) is 84.0 Å². The van der Waals surface area contributed by atoms with Gasteiger partial charge in [0.15, 0.2) is 0 Å². The molecule has 3 amide bonds. The Kier molecular flexibility index (Phi) is 9.74. The van der Waals surface area contributed by atoms with E-state index in [-0.39, 0.29) is 36.5 Å². The van der Waals surface area contributed by atoms with Crippen molar-refractivity contribution in [1.82, 2.24) is 15.1 Å². The minimum absolute atomic E-state index is 0.0388. The molecule has 2 aliphatic heterocycles. The minimum atomic E-state index is -0.396. The van der Waals surface area contributed by atoms with Crippen LogP contribution >= 0.6 is 11.8 Å². The zero-order chi connectivity index (χ0) is 27.9. The summed E-state index contributed by atoms with van der Waals surface area (Å²) in [5, 5.41) is 3.06. The number of ether oxygens (including phenoxy) is 3. The van der Waals surface area contributed by atoms with Crippen molar-refractivity contribution < 1.29 is 28.6 Å². The van der Waals surface area contributed by atoms with Crippen molar-refractivity contribution in [2.75, 3.05) is 38.2 Å². The first-order chi connectivity index (χ1) is 18.7. The second-order valence-electron chi connectivity index (χ2n) is 10.0. The van der Waals surface area contributed by atoms with Crippen LogP contribution in [0.4, 0.5) is 0 Å². The molecule has 2 atom stereocenters. The smallest absolute Gasteiger partial charge is 0.254 e. The average molecular weight is 556 g/mol. The van der Waals surface area contributed by atoms with Gasteiger partial charge in [-0.2, -0.15) is 11.8 Å². The molecule has 0 aliphatic carbocycles. The summed E-state index contributed by atoms with van der Waals surface area (Å²) in [7, 11) is 0. The van der Waals surface area contributed by atoms with Crippen molar-refractivity contribution in [1.29, 1.82) is 0 Å². The van der Waals surface area contributed by atoms with Crippen LogP contribution in [0, 0.1) is 0 Å². The van der Waals surface area contributed by atoms with E-state index < -0.39 is 6.04 Å². The fraction of sp³-hybridized carbons (Fsp3) is 0.483. The summed E-state index contributed by atoms with van der Waals surface area (Å²) >= 11 is 1.47. The Hall–Kier alpha value is -3.24. The van der Waals surface area contributed by atoms with Crippen molar-refractivity contribution in [3.05, 3.63) is 53.6 Å². The summed E-state index contributed by atoms with van der Waals surface area (Å²) < 4.78 is 18.3. The van der Waals surface area contributed by atoms with E-state index in [1.54, 1.807) is 23.1 Å². The van der Waals surface area contributed by atoms with Gasteiger partial charge >= 0.3 is 0 Å². The van der Waals surface area contributed by atoms with Crippen LogP contribution in [0.25, 0.3) is 0 Å². The predicted octanol–water partition coefficient (Wildman–Crippen LogP) is 3.71. The molecular formula is C29H37N3O6S. The fourth-order valence-corrected chi connectivity index (χ4v) is 5.21. The number of nitrogens with one attached hydrogen (secondary N) is 1.